The molecule has 5 heterocycles. The number of rotatable bonds is 5. The van der Waals surface area contributed by atoms with Crippen LogP contribution in [0.3, 0.4) is 0 Å². The average molecular weight is 533 g/mol. The number of anilines is 1. The molecule has 11 heteroatoms. The lowest BCUT2D eigenvalue weighted by Crippen LogP contribution is -2.50. The van der Waals surface area contributed by atoms with Crippen molar-refractivity contribution in [3.8, 4) is 17.3 Å². The molecule has 0 spiro atoms. The van der Waals surface area contributed by atoms with Gasteiger partial charge in [0.1, 0.15) is 28.5 Å². The second kappa shape index (κ2) is 9.87. The van der Waals surface area contributed by atoms with Crippen molar-refractivity contribution in [1.29, 1.82) is 0 Å². The van der Waals surface area contributed by atoms with Gasteiger partial charge < -0.3 is 23.7 Å². The van der Waals surface area contributed by atoms with Crippen molar-refractivity contribution in [2.75, 3.05) is 37.7 Å². The molecule has 4 aromatic rings. The van der Waals surface area contributed by atoms with Crippen molar-refractivity contribution >= 4 is 34.3 Å². The van der Waals surface area contributed by atoms with E-state index in [1.54, 1.807) is 27.9 Å². The molecule has 1 aliphatic carbocycles. The third-order valence-corrected chi connectivity index (χ3v) is 7.06. The van der Waals surface area contributed by atoms with E-state index in [-0.39, 0.29) is 12.0 Å². The van der Waals surface area contributed by atoms with Crippen LogP contribution < -0.4 is 9.64 Å². The van der Waals surface area contributed by atoms with Crippen LogP contribution in [0.5, 0.6) is 5.88 Å². The Labute approximate surface area is 225 Å². The number of fused-ring (bicyclic) bond motifs is 2. The molecule has 1 saturated carbocycles. The standard InChI is InChI=1S/C28H32N6O5/c1-28(2,3)39-27(36)33-12-10-32(11-13-33)26-20-15-23(38-22(20)8-9-29-26)21-16-30-24-6-7-25(31-34(21)24)37-17-18-4-5-19(35)14-18/h6-9,15-16,18H,4-5,10-14,17H2,1-3H3/t18-/m0/s1. The van der Waals surface area contributed by atoms with E-state index < -0.39 is 5.60 Å². The van der Waals surface area contributed by atoms with E-state index in [9.17, 15) is 9.59 Å². The van der Waals surface area contributed by atoms with Crippen molar-refractivity contribution in [3.63, 3.8) is 0 Å². The van der Waals surface area contributed by atoms with Crippen LogP contribution in [-0.4, -0.2) is 74.7 Å². The minimum absolute atomic E-state index is 0.240. The van der Waals surface area contributed by atoms with Crippen LogP contribution in [0.15, 0.2) is 41.1 Å². The molecular weight excluding hydrogens is 500 g/mol. The summed E-state index contributed by atoms with van der Waals surface area (Å²) in [6.07, 6.45) is 5.24. The first-order chi connectivity index (χ1) is 18.7. The minimum Gasteiger partial charge on any atom is -0.476 e. The lowest BCUT2D eigenvalue weighted by Gasteiger charge is -2.36. The summed E-state index contributed by atoms with van der Waals surface area (Å²) in [4.78, 5) is 37.1. The maximum atomic E-state index is 12.5. The van der Waals surface area contributed by atoms with Gasteiger partial charge in [-0.1, -0.05) is 0 Å². The van der Waals surface area contributed by atoms with Gasteiger partial charge in [0.15, 0.2) is 11.4 Å². The zero-order valence-electron chi connectivity index (χ0n) is 22.4. The van der Waals surface area contributed by atoms with Gasteiger partial charge >= 0.3 is 6.09 Å². The molecule has 6 rings (SSSR count). The van der Waals surface area contributed by atoms with Gasteiger partial charge in [-0.2, -0.15) is 0 Å². The Morgan fingerprint density at radius 2 is 1.95 bits per heavy atom. The Morgan fingerprint density at radius 1 is 1.13 bits per heavy atom. The molecule has 2 aliphatic rings. The molecule has 1 aliphatic heterocycles. The van der Waals surface area contributed by atoms with Gasteiger partial charge in [0.05, 0.1) is 18.2 Å². The van der Waals surface area contributed by atoms with Crippen molar-refractivity contribution < 1.29 is 23.5 Å². The first kappa shape index (κ1) is 25.1. The predicted octanol–water partition coefficient (Wildman–Crippen LogP) is 4.34. The SMILES string of the molecule is CC(C)(C)OC(=O)N1CCN(c2nccc3oc(-c4cnc5ccc(OC[C@H]6CCC(=O)C6)nn45)cc23)CC1. The zero-order chi connectivity index (χ0) is 27.1. The first-order valence-electron chi connectivity index (χ1n) is 13.3. The van der Waals surface area contributed by atoms with E-state index in [1.165, 1.54) is 0 Å². The summed E-state index contributed by atoms with van der Waals surface area (Å²) in [7, 11) is 0. The Hall–Kier alpha value is -4.15. The van der Waals surface area contributed by atoms with Gasteiger partial charge in [0.2, 0.25) is 5.88 Å². The fourth-order valence-electron chi connectivity index (χ4n) is 5.09. The molecule has 0 aromatic carbocycles. The van der Waals surface area contributed by atoms with Gasteiger partial charge in [-0.3, -0.25) is 4.79 Å². The summed E-state index contributed by atoms with van der Waals surface area (Å²) in [5, 5.41) is 5.52. The van der Waals surface area contributed by atoms with E-state index in [0.29, 0.717) is 80.0 Å². The summed E-state index contributed by atoms with van der Waals surface area (Å²) < 4.78 is 19.4. The molecule has 4 aromatic heterocycles. The van der Waals surface area contributed by atoms with E-state index in [4.69, 9.17) is 13.9 Å². The van der Waals surface area contributed by atoms with Crippen LogP contribution in [0, 0.1) is 5.92 Å². The number of ketones is 1. The molecule has 39 heavy (non-hydrogen) atoms. The molecule has 11 nitrogen and oxygen atoms in total. The molecule has 0 radical (unpaired) electrons. The van der Waals surface area contributed by atoms with Crippen LogP contribution in [0.1, 0.15) is 40.0 Å². The fraction of sp³-hybridized carbons (Fsp3) is 0.464. The number of amides is 1. The second-order valence-corrected chi connectivity index (χ2v) is 11.2. The molecule has 0 N–H and O–H groups in total. The smallest absolute Gasteiger partial charge is 0.410 e. The average Bonchev–Trinajstić information content (AvgIpc) is 3.63. The molecule has 2 fully saturated rings. The third kappa shape index (κ3) is 5.25. The number of Topliss-reactive ketones (excluding diaryl/α,β-unsaturated/α-hetero) is 1. The van der Waals surface area contributed by atoms with Gasteiger partial charge in [-0.15, -0.1) is 5.10 Å². The minimum atomic E-state index is -0.523. The Kier molecular flexibility index (Phi) is 6.36. The topological polar surface area (TPSA) is 115 Å². The lowest BCUT2D eigenvalue weighted by atomic mass is 10.1. The van der Waals surface area contributed by atoms with Crippen LogP contribution in [0.25, 0.3) is 28.1 Å². The van der Waals surface area contributed by atoms with Crippen LogP contribution in [0.4, 0.5) is 10.6 Å². The number of furan rings is 1. The summed E-state index contributed by atoms with van der Waals surface area (Å²) in [5.74, 6) is 2.44. The van der Waals surface area contributed by atoms with Gasteiger partial charge in [-0.25, -0.2) is 19.3 Å². The number of hydrogen-bond donors (Lipinski definition) is 0. The number of pyridine rings is 1. The van der Waals surface area contributed by atoms with Gasteiger partial charge in [0.25, 0.3) is 0 Å². The number of piperazine rings is 1. The highest BCUT2D eigenvalue weighted by Crippen LogP contribution is 2.33. The van der Waals surface area contributed by atoms with Crippen molar-refractivity contribution in [1.82, 2.24) is 24.5 Å². The molecule has 1 amide bonds. The molecule has 1 atom stereocenters. The Balaban J connectivity index is 1.21. The highest BCUT2D eigenvalue weighted by molar-refractivity contribution is 5.92. The lowest BCUT2D eigenvalue weighted by molar-refractivity contribution is -0.117. The van der Waals surface area contributed by atoms with Crippen molar-refractivity contribution in [2.24, 2.45) is 5.92 Å². The van der Waals surface area contributed by atoms with E-state index in [0.717, 1.165) is 17.6 Å². The fourth-order valence-corrected chi connectivity index (χ4v) is 5.09. The number of ether oxygens (including phenoxy) is 2. The summed E-state index contributed by atoms with van der Waals surface area (Å²) in [6.45, 7) is 8.44. The Bertz CT molecular complexity index is 1530. The maximum Gasteiger partial charge on any atom is 0.410 e. The largest absolute Gasteiger partial charge is 0.476 e. The van der Waals surface area contributed by atoms with Gasteiger partial charge in [-0.05, 0) is 45.4 Å². The highest BCUT2D eigenvalue weighted by atomic mass is 16.6. The van der Waals surface area contributed by atoms with Crippen molar-refractivity contribution in [3.05, 3.63) is 36.7 Å². The second-order valence-electron chi connectivity index (χ2n) is 11.2. The molecule has 1 saturated heterocycles. The number of aromatic nitrogens is 4. The van der Waals surface area contributed by atoms with Crippen LogP contribution in [-0.2, 0) is 9.53 Å². The van der Waals surface area contributed by atoms with Crippen LogP contribution in [0.2, 0.25) is 0 Å². The number of carbonyl (C=O) groups excluding carboxylic acids is 2. The number of hydrogen-bond acceptors (Lipinski definition) is 9. The highest BCUT2D eigenvalue weighted by Gasteiger charge is 2.28. The summed E-state index contributed by atoms with van der Waals surface area (Å²) in [5.41, 5.74) is 1.55. The molecular formula is C28H32N6O5. The Morgan fingerprint density at radius 3 is 2.69 bits per heavy atom. The summed E-state index contributed by atoms with van der Waals surface area (Å²) in [6, 6.07) is 7.44. The summed E-state index contributed by atoms with van der Waals surface area (Å²) >= 11 is 0. The molecule has 0 unspecified atom stereocenters. The van der Waals surface area contributed by atoms with E-state index in [2.05, 4.69) is 20.0 Å². The predicted molar refractivity (Wildman–Crippen MR) is 144 cm³/mol. The molecule has 0 bridgehead atoms. The van der Waals surface area contributed by atoms with Gasteiger partial charge in [0, 0.05) is 57.2 Å². The molecule has 204 valence electrons. The number of imidazole rings is 1. The third-order valence-electron chi connectivity index (χ3n) is 7.06. The number of nitrogens with zero attached hydrogens (tertiary/aromatic N) is 6. The normalized spacial score (nSPS) is 18.3. The monoisotopic (exact) mass is 532 g/mol. The van der Waals surface area contributed by atoms with Crippen molar-refractivity contribution in [2.45, 2.75) is 45.6 Å². The van der Waals surface area contributed by atoms with E-state index >= 15 is 0 Å². The number of carbonyl (C=O) groups is 2. The van der Waals surface area contributed by atoms with E-state index in [1.807, 2.05) is 39.0 Å². The zero-order valence-corrected chi connectivity index (χ0v) is 22.4. The van der Waals surface area contributed by atoms with Crippen LogP contribution >= 0.6 is 0 Å². The maximum absolute atomic E-state index is 12.5. The quantitative estimate of drug-likeness (QED) is 0.370. The first-order valence-corrected chi connectivity index (χ1v) is 13.3.